The average Bonchev–Trinajstić information content (AvgIpc) is 3.12. The maximum atomic E-state index is 12.7. The second-order valence-corrected chi connectivity index (χ2v) is 9.10. The molecule has 0 atom stereocenters. The fraction of sp³-hybridized carbons (Fsp3) is 0.556. The summed E-state index contributed by atoms with van der Waals surface area (Å²) in [5, 5.41) is 4.17. The molecule has 0 aromatic carbocycles. The molecule has 0 saturated carbocycles. The van der Waals surface area contributed by atoms with E-state index in [9.17, 15) is 9.59 Å². The van der Waals surface area contributed by atoms with Crippen molar-refractivity contribution in [3.63, 3.8) is 0 Å². The number of fused-ring (bicyclic) bond motifs is 1. The second-order valence-electron chi connectivity index (χ2n) is 6.65. The maximum absolute atomic E-state index is 12.7. The summed E-state index contributed by atoms with van der Waals surface area (Å²) in [6.07, 6.45) is 2.55. The molecule has 2 amide bonds. The highest BCUT2D eigenvalue weighted by Crippen LogP contribution is 2.34. The lowest BCUT2D eigenvalue weighted by atomic mass is 9.95. The third-order valence-electron chi connectivity index (χ3n) is 4.41. The zero-order chi connectivity index (χ0) is 17.3. The summed E-state index contributed by atoms with van der Waals surface area (Å²) in [5.41, 5.74) is 0. The van der Waals surface area contributed by atoms with Gasteiger partial charge in [0, 0.05) is 35.3 Å². The van der Waals surface area contributed by atoms with Gasteiger partial charge in [0.25, 0.3) is 5.91 Å². The van der Waals surface area contributed by atoms with E-state index in [-0.39, 0.29) is 23.8 Å². The lowest BCUT2D eigenvalue weighted by Crippen LogP contribution is -2.44. The van der Waals surface area contributed by atoms with Crippen molar-refractivity contribution >= 4 is 43.9 Å². The highest BCUT2D eigenvalue weighted by molar-refractivity contribution is 7.39. The molecule has 3 rings (SSSR count). The van der Waals surface area contributed by atoms with E-state index in [1.807, 2.05) is 24.8 Å². The third kappa shape index (κ3) is 3.64. The number of hydrogen-bond acceptors (Lipinski definition) is 4. The van der Waals surface area contributed by atoms with Gasteiger partial charge in [0.2, 0.25) is 5.91 Å². The highest BCUT2D eigenvalue weighted by atomic mass is 32.2. The summed E-state index contributed by atoms with van der Waals surface area (Å²) < 4.78 is 1.24. The summed E-state index contributed by atoms with van der Waals surface area (Å²) in [6, 6.07) is 4.38. The van der Waals surface area contributed by atoms with Gasteiger partial charge in [0.05, 0.1) is 8.89 Å². The Morgan fingerprint density at radius 3 is 2.54 bits per heavy atom. The van der Waals surface area contributed by atoms with Gasteiger partial charge in [-0.3, -0.25) is 9.59 Å². The normalized spacial score (nSPS) is 16.1. The number of likely N-dealkylation sites (tertiary alicyclic amines) is 1. The predicted octanol–water partition coefficient (Wildman–Crippen LogP) is 3.90. The van der Waals surface area contributed by atoms with Crippen LogP contribution in [0.15, 0.2) is 12.1 Å². The first-order valence-electron chi connectivity index (χ1n) is 8.59. The van der Waals surface area contributed by atoms with Gasteiger partial charge in [-0.15, -0.1) is 22.7 Å². The number of nitrogens with zero attached hydrogens (tertiary/aromatic N) is 1. The van der Waals surface area contributed by atoms with Gasteiger partial charge in [0.1, 0.15) is 0 Å². The fourth-order valence-corrected chi connectivity index (χ4v) is 5.47. The third-order valence-corrected chi connectivity index (χ3v) is 6.93. The Labute approximate surface area is 150 Å². The summed E-state index contributed by atoms with van der Waals surface area (Å²) in [4.78, 5) is 28.9. The Morgan fingerprint density at radius 1 is 1.25 bits per heavy atom. The van der Waals surface area contributed by atoms with Crippen molar-refractivity contribution in [2.24, 2.45) is 5.92 Å². The van der Waals surface area contributed by atoms with Crippen molar-refractivity contribution in [1.82, 2.24) is 10.2 Å². The molecule has 130 valence electrons. The van der Waals surface area contributed by atoms with Crippen LogP contribution in [0.4, 0.5) is 0 Å². The Kier molecular flexibility index (Phi) is 5.25. The minimum Gasteiger partial charge on any atom is -0.354 e. The molecule has 4 nitrogen and oxygen atoms in total. The van der Waals surface area contributed by atoms with Crippen molar-refractivity contribution in [3.05, 3.63) is 21.9 Å². The molecule has 0 unspecified atom stereocenters. The summed E-state index contributed by atoms with van der Waals surface area (Å²) in [6.45, 7) is 7.44. The fourth-order valence-electron chi connectivity index (χ4n) is 3.07. The number of piperidine rings is 1. The SMILES string of the molecule is CCc1cc2cc(C(=O)N3CCC(C(=O)NC(C)C)CC3)sc2s1. The Balaban J connectivity index is 1.61. The van der Waals surface area contributed by atoms with Crippen LogP contribution in [0.25, 0.3) is 9.40 Å². The van der Waals surface area contributed by atoms with Gasteiger partial charge < -0.3 is 10.2 Å². The molecule has 0 radical (unpaired) electrons. The van der Waals surface area contributed by atoms with Gasteiger partial charge in [-0.2, -0.15) is 0 Å². The van der Waals surface area contributed by atoms with Crippen molar-refractivity contribution in [1.29, 1.82) is 0 Å². The van der Waals surface area contributed by atoms with Crippen LogP contribution in [-0.2, 0) is 11.2 Å². The largest absolute Gasteiger partial charge is 0.354 e. The van der Waals surface area contributed by atoms with Gasteiger partial charge in [-0.05, 0) is 45.2 Å². The first kappa shape index (κ1) is 17.4. The van der Waals surface area contributed by atoms with E-state index in [0.29, 0.717) is 13.1 Å². The van der Waals surface area contributed by atoms with Crippen LogP contribution < -0.4 is 5.32 Å². The number of aryl methyl sites for hydroxylation is 1. The summed E-state index contributed by atoms with van der Waals surface area (Å²) >= 11 is 3.39. The van der Waals surface area contributed by atoms with Crippen molar-refractivity contribution in [3.8, 4) is 0 Å². The number of hydrogen-bond donors (Lipinski definition) is 1. The molecule has 2 aromatic rings. The minimum absolute atomic E-state index is 0.0374. The Bertz CT molecular complexity index is 708. The van der Waals surface area contributed by atoms with Crippen LogP contribution in [0, 0.1) is 5.92 Å². The Hall–Kier alpha value is -1.40. The van der Waals surface area contributed by atoms with Crippen LogP contribution in [0.3, 0.4) is 0 Å². The zero-order valence-electron chi connectivity index (χ0n) is 14.4. The van der Waals surface area contributed by atoms with E-state index in [4.69, 9.17) is 0 Å². The highest BCUT2D eigenvalue weighted by Gasteiger charge is 2.28. The van der Waals surface area contributed by atoms with Crippen molar-refractivity contribution in [2.75, 3.05) is 13.1 Å². The van der Waals surface area contributed by atoms with Crippen molar-refractivity contribution in [2.45, 2.75) is 46.1 Å². The van der Waals surface area contributed by atoms with E-state index < -0.39 is 0 Å². The molecule has 6 heteroatoms. The summed E-state index contributed by atoms with van der Waals surface area (Å²) in [7, 11) is 0. The van der Waals surface area contributed by atoms with Gasteiger partial charge in [-0.1, -0.05) is 6.92 Å². The average molecular weight is 365 g/mol. The van der Waals surface area contributed by atoms with Gasteiger partial charge in [0.15, 0.2) is 0 Å². The minimum atomic E-state index is 0.0374. The summed E-state index contributed by atoms with van der Waals surface area (Å²) in [5.74, 6) is 0.278. The standard InChI is InChI=1S/C18H24N2O2S2/c1-4-14-9-13-10-15(24-18(13)23-14)17(22)20-7-5-12(6-8-20)16(21)19-11(2)3/h9-12H,4-8H2,1-3H3,(H,19,21). The number of carbonyl (C=O) groups excluding carboxylic acids is 2. The number of nitrogens with one attached hydrogen (secondary N) is 1. The molecule has 1 saturated heterocycles. The van der Waals surface area contributed by atoms with Gasteiger partial charge >= 0.3 is 0 Å². The monoisotopic (exact) mass is 364 g/mol. The molecule has 3 heterocycles. The molecule has 2 aromatic heterocycles. The number of rotatable bonds is 4. The lowest BCUT2D eigenvalue weighted by Gasteiger charge is -2.31. The number of thiophene rings is 2. The molecule has 24 heavy (non-hydrogen) atoms. The van der Waals surface area contributed by atoms with Crippen molar-refractivity contribution < 1.29 is 9.59 Å². The molecule has 1 aliphatic heterocycles. The zero-order valence-corrected chi connectivity index (χ0v) is 16.1. The molecule has 1 N–H and O–H groups in total. The number of amides is 2. The van der Waals surface area contributed by atoms with Crippen LogP contribution in [0.5, 0.6) is 0 Å². The molecule has 0 spiro atoms. The van der Waals surface area contributed by atoms with E-state index in [1.165, 1.54) is 14.3 Å². The first-order valence-corrected chi connectivity index (χ1v) is 10.2. The molecular weight excluding hydrogens is 340 g/mol. The van der Waals surface area contributed by atoms with Gasteiger partial charge in [-0.25, -0.2) is 0 Å². The topological polar surface area (TPSA) is 49.4 Å². The van der Waals surface area contributed by atoms with Crippen LogP contribution in [0.1, 0.15) is 48.2 Å². The van der Waals surface area contributed by atoms with Crippen LogP contribution >= 0.6 is 22.7 Å². The first-order chi connectivity index (χ1) is 11.5. The predicted molar refractivity (Wildman–Crippen MR) is 101 cm³/mol. The molecule has 1 fully saturated rings. The molecule has 0 aliphatic carbocycles. The van der Waals surface area contributed by atoms with E-state index >= 15 is 0 Å². The lowest BCUT2D eigenvalue weighted by molar-refractivity contribution is -0.126. The number of carbonyl (C=O) groups is 2. The molecule has 0 bridgehead atoms. The van der Waals surface area contributed by atoms with E-state index in [1.54, 1.807) is 22.7 Å². The van der Waals surface area contributed by atoms with E-state index in [2.05, 4.69) is 18.3 Å². The quantitative estimate of drug-likeness (QED) is 0.894. The van der Waals surface area contributed by atoms with E-state index in [0.717, 1.165) is 24.1 Å². The Morgan fingerprint density at radius 2 is 1.96 bits per heavy atom. The smallest absolute Gasteiger partial charge is 0.263 e. The maximum Gasteiger partial charge on any atom is 0.263 e. The molecule has 1 aliphatic rings. The van der Waals surface area contributed by atoms with Crippen LogP contribution in [0.2, 0.25) is 0 Å². The van der Waals surface area contributed by atoms with Crippen LogP contribution in [-0.4, -0.2) is 35.8 Å². The second kappa shape index (κ2) is 7.23. The molecular formula is C18H24N2O2S2.